The van der Waals surface area contributed by atoms with Crippen molar-refractivity contribution in [1.82, 2.24) is 0 Å². The predicted octanol–water partition coefficient (Wildman–Crippen LogP) is 3.85. The molecule has 0 saturated carbocycles. The standard InChI is InChI=1S/C10H22Si2/c1-8-10(12(5,6)7)9-11(2,3)4/h8-9H,1H2,2-7H3/b10-9+. The summed E-state index contributed by atoms with van der Waals surface area (Å²) in [6.07, 6.45) is 2.06. The molecule has 0 aliphatic carbocycles. The SMILES string of the molecule is C=C/C(=C\[Si](C)(C)C)[Si](C)(C)C. The van der Waals surface area contributed by atoms with E-state index in [2.05, 4.69) is 57.6 Å². The van der Waals surface area contributed by atoms with Gasteiger partial charge in [-0.1, -0.05) is 62.8 Å². The van der Waals surface area contributed by atoms with Crippen LogP contribution in [0.5, 0.6) is 0 Å². The van der Waals surface area contributed by atoms with E-state index < -0.39 is 16.1 Å². The molecule has 0 amide bonds. The third-order valence-corrected chi connectivity index (χ3v) is 5.22. The Hall–Kier alpha value is -0.0862. The van der Waals surface area contributed by atoms with Gasteiger partial charge in [-0.25, -0.2) is 0 Å². The summed E-state index contributed by atoms with van der Waals surface area (Å²) in [7, 11) is -2.17. The summed E-state index contributed by atoms with van der Waals surface area (Å²) in [4.78, 5) is 0. The summed E-state index contributed by atoms with van der Waals surface area (Å²) >= 11 is 0. The fourth-order valence-corrected chi connectivity index (χ4v) is 5.74. The molecule has 0 spiro atoms. The molecule has 70 valence electrons. The lowest BCUT2D eigenvalue weighted by atomic mass is 10.6. The van der Waals surface area contributed by atoms with E-state index >= 15 is 0 Å². The minimum absolute atomic E-state index is 1.05. The van der Waals surface area contributed by atoms with E-state index in [9.17, 15) is 0 Å². The number of rotatable bonds is 3. The first-order valence-electron chi connectivity index (χ1n) is 4.52. The topological polar surface area (TPSA) is 0 Å². The zero-order valence-electron chi connectivity index (χ0n) is 9.36. The summed E-state index contributed by atoms with van der Waals surface area (Å²) in [5.41, 5.74) is 2.49. The molecule has 0 aliphatic heterocycles. The second-order valence-corrected chi connectivity index (χ2v) is 15.5. The second kappa shape index (κ2) is 3.75. The fourth-order valence-electron chi connectivity index (χ4n) is 1.05. The molecule has 0 aliphatic rings. The molecular formula is C10H22Si2. The van der Waals surface area contributed by atoms with Gasteiger partial charge in [0.05, 0.1) is 16.1 Å². The first kappa shape index (κ1) is 11.9. The van der Waals surface area contributed by atoms with E-state index in [1.165, 1.54) is 5.20 Å². The van der Waals surface area contributed by atoms with E-state index in [-0.39, 0.29) is 0 Å². The van der Waals surface area contributed by atoms with Crippen LogP contribution in [0.15, 0.2) is 23.6 Å². The van der Waals surface area contributed by atoms with Crippen LogP contribution in [0.3, 0.4) is 0 Å². The first-order chi connectivity index (χ1) is 5.17. The van der Waals surface area contributed by atoms with Crippen LogP contribution < -0.4 is 0 Å². The molecule has 0 saturated heterocycles. The van der Waals surface area contributed by atoms with Gasteiger partial charge in [0.2, 0.25) is 0 Å². The highest BCUT2D eigenvalue weighted by molar-refractivity contribution is 6.88. The molecule has 0 heterocycles. The molecule has 0 bridgehead atoms. The number of hydrogen-bond acceptors (Lipinski definition) is 0. The Morgan fingerprint density at radius 3 is 1.50 bits per heavy atom. The largest absolute Gasteiger partial charge is 0.0992 e. The summed E-state index contributed by atoms with van der Waals surface area (Å²) in [6, 6.07) is 0. The molecule has 0 nitrogen and oxygen atoms in total. The molecule has 0 fully saturated rings. The molecule has 0 aromatic rings. The lowest BCUT2D eigenvalue weighted by Gasteiger charge is -2.21. The van der Waals surface area contributed by atoms with Gasteiger partial charge >= 0.3 is 0 Å². The number of hydrogen-bond donors (Lipinski definition) is 0. The van der Waals surface area contributed by atoms with E-state index in [0.29, 0.717) is 0 Å². The predicted molar refractivity (Wildman–Crippen MR) is 65.0 cm³/mol. The third-order valence-electron chi connectivity index (χ3n) is 1.67. The van der Waals surface area contributed by atoms with Gasteiger partial charge in [-0.3, -0.25) is 0 Å². The van der Waals surface area contributed by atoms with E-state index in [1.54, 1.807) is 0 Å². The maximum atomic E-state index is 3.90. The van der Waals surface area contributed by atoms with Crippen LogP contribution in [0.4, 0.5) is 0 Å². The van der Waals surface area contributed by atoms with Crippen LogP contribution in [0, 0.1) is 0 Å². The minimum Gasteiger partial charge on any atom is -0.0992 e. The zero-order chi connectivity index (χ0) is 9.99. The van der Waals surface area contributed by atoms with E-state index in [4.69, 9.17) is 0 Å². The smallest absolute Gasteiger partial charge is 0.0766 e. The third kappa shape index (κ3) is 4.72. The number of allylic oxidation sites excluding steroid dienone is 2. The van der Waals surface area contributed by atoms with Gasteiger partial charge in [-0.15, -0.1) is 0 Å². The Morgan fingerprint density at radius 2 is 1.42 bits per heavy atom. The van der Waals surface area contributed by atoms with Crippen molar-refractivity contribution in [2.24, 2.45) is 0 Å². The van der Waals surface area contributed by atoms with Gasteiger partial charge in [-0.2, -0.15) is 0 Å². The summed E-state index contributed by atoms with van der Waals surface area (Å²) < 4.78 is 0. The summed E-state index contributed by atoms with van der Waals surface area (Å²) in [6.45, 7) is 18.1. The summed E-state index contributed by atoms with van der Waals surface area (Å²) in [5, 5.41) is 1.53. The average Bonchev–Trinajstić information content (AvgIpc) is 1.78. The highest BCUT2D eigenvalue weighted by Crippen LogP contribution is 2.18. The lowest BCUT2D eigenvalue weighted by Crippen LogP contribution is -2.27. The molecule has 0 radical (unpaired) electrons. The van der Waals surface area contributed by atoms with Gasteiger partial charge in [0.1, 0.15) is 0 Å². The molecule has 0 N–H and O–H groups in total. The molecule has 0 atom stereocenters. The van der Waals surface area contributed by atoms with Gasteiger partial charge in [0.15, 0.2) is 0 Å². The first-order valence-corrected chi connectivity index (χ1v) is 11.6. The zero-order valence-corrected chi connectivity index (χ0v) is 11.4. The highest BCUT2D eigenvalue weighted by atomic mass is 28.3. The monoisotopic (exact) mass is 198 g/mol. The fraction of sp³-hybridized carbons (Fsp3) is 0.600. The van der Waals surface area contributed by atoms with Gasteiger partial charge in [-0.05, 0) is 0 Å². The Bertz CT molecular complexity index is 189. The van der Waals surface area contributed by atoms with Crippen molar-refractivity contribution in [2.45, 2.75) is 39.3 Å². The quantitative estimate of drug-likeness (QED) is 0.477. The normalized spacial score (nSPS) is 14.7. The van der Waals surface area contributed by atoms with Crippen LogP contribution in [-0.4, -0.2) is 16.1 Å². The van der Waals surface area contributed by atoms with Crippen molar-refractivity contribution in [3.63, 3.8) is 0 Å². The molecule has 12 heavy (non-hydrogen) atoms. The van der Waals surface area contributed by atoms with E-state index in [1.807, 2.05) is 0 Å². The van der Waals surface area contributed by atoms with Crippen molar-refractivity contribution < 1.29 is 0 Å². The molecule has 0 aromatic carbocycles. The molecule has 0 rings (SSSR count). The van der Waals surface area contributed by atoms with Crippen molar-refractivity contribution in [1.29, 1.82) is 0 Å². The molecular weight excluding hydrogens is 176 g/mol. The van der Waals surface area contributed by atoms with Crippen LogP contribution in [-0.2, 0) is 0 Å². The van der Waals surface area contributed by atoms with Crippen molar-refractivity contribution in [3.05, 3.63) is 23.6 Å². The van der Waals surface area contributed by atoms with Crippen LogP contribution in [0.1, 0.15) is 0 Å². The molecule has 0 aromatic heterocycles. The maximum Gasteiger partial charge on any atom is 0.0766 e. The van der Waals surface area contributed by atoms with E-state index in [0.717, 1.165) is 0 Å². The van der Waals surface area contributed by atoms with Crippen LogP contribution >= 0.6 is 0 Å². The lowest BCUT2D eigenvalue weighted by molar-refractivity contribution is 1.64. The minimum atomic E-state index is -1.12. The van der Waals surface area contributed by atoms with Gasteiger partial charge in [0.25, 0.3) is 0 Å². The van der Waals surface area contributed by atoms with Crippen LogP contribution in [0.25, 0.3) is 0 Å². The average molecular weight is 198 g/mol. The Kier molecular flexibility index (Phi) is 3.72. The highest BCUT2D eigenvalue weighted by Gasteiger charge is 2.20. The Labute approximate surface area is 79.4 Å². The van der Waals surface area contributed by atoms with Crippen LogP contribution in [0.2, 0.25) is 39.3 Å². The Balaban J connectivity index is 4.81. The second-order valence-electron chi connectivity index (χ2n) is 5.42. The summed E-state index contributed by atoms with van der Waals surface area (Å²) in [5.74, 6) is 0. The molecule has 0 unspecified atom stereocenters. The van der Waals surface area contributed by atoms with Gasteiger partial charge < -0.3 is 0 Å². The Morgan fingerprint density at radius 1 is 1.00 bits per heavy atom. The maximum absolute atomic E-state index is 3.90. The van der Waals surface area contributed by atoms with Crippen molar-refractivity contribution in [2.75, 3.05) is 0 Å². The van der Waals surface area contributed by atoms with Gasteiger partial charge in [0, 0.05) is 0 Å². The van der Waals surface area contributed by atoms with Crippen molar-refractivity contribution in [3.8, 4) is 0 Å². The van der Waals surface area contributed by atoms with Crippen molar-refractivity contribution >= 4 is 16.1 Å². The molecule has 2 heteroatoms.